The minimum atomic E-state index is -3.15. The van der Waals surface area contributed by atoms with Crippen LogP contribution >= 0.6 is 24.0 Å². The number of hydrogen-bond donors (Lipinski definition) is 2. The quantitative estimate of drug-likeness (QED) is 0.245. The van der Waals surface area contributed by atoms with Crippen LogP contribution in [0.5, 0.6) is 0 Å². The van der Waals surface area contributed by atoms with Gasteiger partial charge >= 0.3 is 0 Å². The summed E-state index contributed by atoms with van der Waals surface area (Å²) in [6, 6.07) is 6.87. The maximum atomic E-state index is 11.4. The fraction of sp³-hybridized carbons (Fsp3) is 0.588. The first kappa shape index (κ1) is 22.2. The molecule has 8 heteroatoms. The van der Waals surface area contributed by atoms with Crippen molar-refractivity contribution in [1.29, 1.82) is 0 Å². The number of hydrogen-bond acceptors (Lipinski definition) is 4. The van der Waals surface area contributed by atoms with E-state index in [0.717, 1.165) is 43.6 Å². The summed E-state index contributed by atoms with van der Waals surface area (Å²) in [7, 11) is -1.42. The molecule has 6 nitrogen and oxygen atoms in total. The Morgan fingerprint density at radius 3 is 2.48 bits per heavy atom. The van der Waals surface area contributed by atoms with Crippen LogP contribution in [0.1, 0.15) is 24.8 Å². The molecule has 1 aliphatic carbocycles. The topological polar surface area (TPSA) is 79.8 Å². The van der Waals surface area contributed by atoms with Crippen LogP contribution in [0.4, 0.5) is 0 Å². The van der Waals surface area contributed by atoms with Gasteiger partial charge in [-0.1, -0.05) is 12.1 Å². The molecule has 2 N–H and O–H groups in total. The van der Waals surface area contributed by atoms with Crippen LogP contribution in [-0.4, -0.2) is 47.4 Å². The zero-order chi connectivity index (χ0) is 17.4. The number of benzene rings is 1. The third-order valence-corrected chi connectivity index (χ3v) is 4.97. The molecule has 0 atom stereocenters. The highest BCUT2D eigenvalue weighted by molar-refractivity contribution is 14.0. The number of guanidine groups is 1. The second kappa shape index (κ2) is 11.0. The standard InChI is InChI=1S/C17H27N3O3S.HI/c1-18-17(19-10-3-11-23-13-15-4-5-15)20-12-14-6-8-16(9-7-14)24(2,21)22;/h6-9,15H,3-5,10-13H2,1-2H3,(H2,18,19,20);1H. The summed E-state index contributed by atoms with van der Waals surface area (Å²) in [5.41, 5.74) is 0.998. The SMILES string of the molecule is CN=C(NCCCOCC1CC1)NCc1ccc(S(C)(=O)=O)cc1.I. The molecule has 0 saturated heterocycles. The van der Waals surface area contributed by atoms with Crippen molar-refractivity contribution in [2.24, 2.45) is 10.9 Å². The van der Waals surface area contributed by atoms with Gasteiger partial charge in [-0.3, -0.25) is 4.99 Å². The van der Waals surface area contributed by atoms with E-state index in [-0.39, 0.29) is 24.0 Å². The maximum absolute atomic E-state index is 11.4. The van der Waals surface area contributed by atoms with Crippen molar-refractivity contribution in [2.75, 3.05) is 33.1 Å². The van der Waals surface area contributed by atoms with Crippen molar-refractivity contribution in [1.82, 2.24) is 10.6 Å². The van der Waals surface area contributed by atoms with Crippen molar-refractivity contribution in [3.05, 3.63) is 29.8 Å². The Hall–Kier alpha value is -0.870. The number of nitrogens with one attached hydrogen (secondary N) is 2. The number of nitrogens with zero attached hydrogens (tertiary/aromatic N) is 1. The van der Waals surface area contributed by atoms with Gasteiger partial charge in [0, 0.05) is 39.6 Å². The Morgan fingerprint density at radius 1 is 1.24 bits per heavy atom. The average molecular weight is 481 g/mol. The summed E-state index contributed by atoms with van der Waals surface area (Å²) >= 11 is 0. The predicted molar refractivity (Wildman–Crippen MR) is 111 cm³/mol. The van der Waals surface area contributed by atoms with E-state index in [1.54, 1.807) is 19.2 Å². The van der Waals surface area contributed by atoms with E-state index in [1.165, 1.54) is 19.1 Å². The summed E-state index contributed by atoms with van der Waals surface area (Å²) < 4.78 is 28.5. The van der Waals surface area contributed by atoms with Crippen molar-refractivity contribution in [2.45, 2.75) is 30.7 Å². The smallest absolute Gasteiger partial charge is 0.191 e. The number of ether oxygens (including phenoxy) is 1. The minimum absolute atomic E-state index is 0. The highest BCUT2D eigenvalue weighted by Crippen LogP contribution is 2.28. The Kier molecular flexibility index (Phi) is 9.73. The first-order valence-corrected chi connectivity index (χ1v) is 10.2. The Morgan fingerprint density at radius 2 is 1.92 bits per heavy atom. The fourth-order valence-corrected chi connectivity index (χ4v) is 2.81. The van der Waals surface area contributed by atoms with Crippen molar-refractivity contribution in [3.63, 3.8) is 0 Å². The molecular formula is C17H28IN3O3S. The average Bonchev–Trinajstić information content (AvgIpc) is 3.37. The summed E-state index contributed by atoms with van der Waals surface area (Å²) in [4.78, 5) is 4.51. The van der Waals surface area contributed by atoms with Gasteiger partial charge in [-0.05, 0) is 42.9 Å². The first-order valence-electron chi connectivity index (χ1n) is 8.30. The van der Waals surface area contributed by atoms with E-state index in [4.69, 9.17) is 4.74 Å². The van der Waals surface area contributed by atoms with E-state index in [0.29, 0.717) is 11.4 Å². The number of sulfone groups is 1. The second-order valence-electron chi connectivity index (χ2n) is 6.14. The first-order chi connectivity index (χ1) is 11.5. The predicted octanol–water partition coefficient (Wildman–Crippen LogP) is 2.19. The Bertz CT molecular complexity index is 644. The summed E-state index contributed by atoms with van der Waals surface area (Å²) in [5, 5.41) is 6.45. The molecule has 1 saturated carbocycles. The van der Waals surface area contributed by atoms with Crippen LogP contribution in [-0.2, 0) is 21.1 Å². The van der Waals surface area contributed by atoms with Crippen molar-refractivity contribution in [3.8, 4) is 0 Å². The van der Waals surface area contributed by atoms with Crippen LogP contribution in [0.25, 0.3) is 0 Å². The van der Waals surface area contributed by atoms with Crippen LogP contribution in [0.3, 0.4) is 0 Å². The van der Waals surface area contributed by atoms with Crippen LogP contribution in [0, 0.1) is 5.92 Å². The lowest BCUT2D eigenvalue weighted by atomic mass is 10.2. The molecule has 0 unspecified atom stereocenters. The molecule has 0 spiro atoms. The van der Waals surface area contributed by atoms with E-state index in [9.17, 15) is 8.42 Å². The fourth-order valence-electron chi connectivity index (χ4n) is 2.18. The zero-order valence-electron chi connectivity index (χ0n) is 14.8. The summed E-state index contributed by atoms with van der Waals surface area (Å²) in [6.07, 6.45) is 4.79. The third-order valence-electron chi connectivity index (χ3n) is 3.84. The largest absolute Gasteiger partial charge is 0.381 e. The zero-order valence-corrected chi connectivity index (χ0v) is 18.0. The van der Waals surface area contributed by atoms with E-state index in [2.05, 4.69) is 15.6 Å². The normalized spacial score (nSPS) is 14.7. The molecule has 0 amide bonds. The van der Waals surface area contributed by atoms with Gasteiger partial charge in [-0.25, -0.2) is 8.42 Å². The molecule has 1 aromatic carbocycles. The van der Waals surface area contributed by atoms with E-state index >= 15 is 0 Å². The van der Waals surface area contributed by atoms with Crippen LogP contribution < -0.4 is 10.6 Å². The lowest BCUT2D eigenvalue weighted by Gasteiger charge is -2.12. The highest BCUT2D eigenvalue weighted by Gasteiger charge is 2.20. The number of aliphatic imine (C=N–C) groups is 1. The highest BCUT2D eigenvalue weighted by atomic mass is 127. The molecular weight excluding hydrogens is 453 g/mol. The molecule has 1 aromatic rings. The molecule has 142 valence electrons. The Balaban J connectivity index is 0.00000312. The summed E-state index contributed by atoms with van der Waals surface area (Å²) in [6.45, 7) is 3.06. The third kappa shape index (κ3) is 8.87. The second-order valence-corrected chi connectivity index (χ2v) is 8.16. The van der Waals surface area contributed by atoms with Gasteiger partial charge in [0.2, 0.25) is 0 Å². The monoisotopic (exact) mass is 481 g/mol. The van der Waals surface area contributed by atoms with Gasteiger partial charge in [-0.15, -0.1) is 24.0 Å². The van der Waals surface area contributed by atoms with E-state index in [1.807, 2.05) is 12.1 Å². The van der Waals surface area contributed by atoms with Gasteiger partial charge < -0.3 is 15.4 Å². The molecule has 2 rings (SSSR count). The Labute approximate surface area is 167 Å². The number of rotatable bonds is 9. The van der Waals surface area contributed by atoms with Crippen LogP contribution in [0.2, 0.25) is 0 Å². The lowest BCUT2D eigenvalue weighted by Crippen LogP contribution is -2.37. The molecule has 25 heavy (non-hydrogen) atoms. The molecule has 0 aromatic heterocycles. The lowest BCUT2D eigenvalue weighted by molar-refractivity contribution is 0.123. The van der Waals surface area contributed by atoms with Gasteiger partial charge in [0.15, 0.2) is 15.8 Å². The summed E-state index contributed by atoms with van der Waals surface area (Å²) in [5.74, 6) is 1.53. The molecule has 0 bridgehead atoms. The van der Waals surface area contributed by atoms with Crippen molar-refractivity contribution >= 4 is 39.8 Å². The van der Waals surface area contributed by atoms with Gasteiger partial charge in [-0.2, -0.15) is 0 Å². The van der Waals surface area contributed by atoms with Crippen LogP contribution in [0.15, 0.2) is 34.2 Å². The molecule has 0 aliphatic heterocycles. The van der Waals surface area contributed by atoms with Gasteiger partial charge in [0.1, 0.15) is 0 Å². The maximum Gasteiger partial charge on any atom is 0.191 e. The van der Waals surface area contributed by atoms with E-state index < -0.39 is 9.84 Å². The molecule has 0 heterocycles. The number of halogens is 1. The molecule has 0 radical (unpaired) electrons. The molecule has 1 aliphatic rings. The van der Waals surface area contributed by atoms with Crippen molar-refractivity contribution < 1.29 is 13.2 Å². The van der Waals surface area contributed by atoms with Gasteiger partial charge in [0.25, 0.3) is 0 Å². The van der Waals surface area contributed by atoms with Gasteiger partial charge in [0.05, 0.1) is 4.90 Å². The minimum Gasteiger partial charge on any atom is -0.381 e. The molecule has 1 fully saturated rings.